The Morgan fingerprint density at radius 1 is 1.47 bits per heavy atom. The van der Waals surface area contributed by atoms with Gasteiger partial charge in [0.2, 0.25) is 10.0 Å². The molecule has 0 radical (unpaired) electrons. The van der Waals surface area contributed by atoms with Crippen molar-refractivity contribution in [2.45, 2.75) is 26.7 Å². The number of hydrogen-bond donors (Lipinski definition) is 1. The van der Waals surface area contributed by atoms with Gasteiger partial charge in [-0.2, -0.15) is 0 Å². The van der Waals surface area contributed by atoms with Gasteiger partial charge >= 0.3 is 0 Å². The molecule has 1 rings (SSSR count). The lowest BCUT2D eigenvalue weighted by Crippen LogP contribution is -2.31. The lowest BCUT2D eigenvalue weighted by molar-refractivity contribution is 0.233. The van der Waals surface area contributed by atoms with Gasteiger partial charge in [0.05, 0.1) is 5.75 Å². The van der Waals surface area contributed by atoms with E-state index in [4.69, 9.17) is 5.11 Å². The highest BCUT2D eigenvalue weighted by Crippen LogP contribution is 2.20. The zero-order valence-corrected chi connectivity index (χ0v) is 10.3. The maximum atomic E-state index is 11.8. The zero-order chi connectivity index (χ0) is 11.5. The normalized spacial score (nSPS) is 23.9. The van der Waals surface area contributed by atoms with Crippen LogP contribution >= 0.6 is 0 Å². The number of nitrogens with zero attached hydrogens (tertiary/aromatic N) is 1. The summed E-state index contributed by atoms with van der Waals surface area (Å²) in [6.45, 7) is 5.21. The molecule has 0 saturated carbocycles. The van der Waals surface area contributed by atoms with Crippen LogP contribution in [-0.4, -0.2) is 43.3 Å². The summed E-state index contributed by atoms with van der Waals surface area (Å²) in [7, 11) is -3.08. The standard InChI is InChI=1S/C10H21NO3S/c1-9(2)4-6-15(13,14)11-5-3-10(7-11)8-12/h9-10,12H,3-8H2,1-2H3. The van der Waals surface area contributed by atoms with Crippen LogP contribution in [-0.2, 0) is 10.0 Å². The molecule has 0 bridgehead atoms. The summed E-state index contributed by atoms with van der Waals surface area (Å²) in [6, 6.07) is 0. The number of rotatable bonds is 5. The molecule has 1 unspecified atom stereocenters. The van der Waals surface area contributed by atoms with E-state index in [0.717, 1.165) is 6.42 Å². The van der Waals surface area contributed by atoms with Gasteiger partial charge in [-0.15, -0.1) is 0 Å². The summed E-state index contributed by atoms with van der Waals surface area (Å²) < 4.78 is 25.2. The Labute approximate surface area is 92.3 Å². The van der Waals surface area contributed by atoms with Crippen LogP contribution in [0.4, 0.5) is 0 Å². The van der Waals surface area contributed by atoms with Crippen LogP contribution in [0.3, 0.4) is 0 Å². The van der Waals surface area contributed by atoms with Crippen molar-refractivity contribution in [3.8, 4) is 0 Å². The minimum atomic E-state index is -3.08. The third kappa shape index (κ3) is 3.74. The van der Waals surface area contributed by atoms with E-state index in [1.807, 2.05) is 13.8 Å². The highest BCUT2D eigenvalue weighted by atomic mass is 32.2. The SMILES string of the molecule is CC(C)CCS(=O)(=O)N1CCC(CO)C1. The van der Waals surface area contributed by atoms with Gasteiger partial charge in [0.15, 0.2) is 0 Å². The highest BCUT2D eigenvalue weighted by molar-refractivity contribution is 7.89. The Morgan fingerprint density at radius 2 is 2.13 bits per heavy atom. The van der Waals surface area contributed by atoms with Crippen LogP contribution in [0.15, 0.2) is 0 Å². The average Bonchev–Trinajstić information content (AvgIpc) is 2.63. The highest BCUT2D eigenvalue weighted by Gasteiger charge is 2.30. The second-order valence-corrected chi connectivity index (χ2v) is 6.78. The topological polar surface area (TPSA) is 57.6 Å². The van der Waals surface area contributed by atoms with Gasteiger partial charge in [-0.1, -0.05) is 13.8 Å². The Kier molecular flexibility index (Phi) is 4.55. The summed E-state index contributed by atoms with van der Waals surface area (Å²) in [5, 5.41) is 8.95. The maximum absolute atomic E-state index is 11.8. The van der Waals surface area contributed by atoms with Gasteiger partial charge in [-0.25, -0.2) is 12.7 Å². The Morgan fingerprint density at radius 3 is 2.60 bits per heavy atom. The predicted molar refractivity (Wildman–Crippen MR) is 60.0 cm³/mol. The fraction of sp³-hybridized carbons (Fsp3) is 1.00. The summed E-state index contributed by atoms with van der Waals surface area (Å²) in [5.41, 5.74) is 0. The quantitative estimate of drug-likeness (QED) is 0.762. The fourth-order valence-electron chi connectivity index (χ4n) is 1.71. The van der Waals surface area contributed by atoms with Crippen molar-refractivity contribution in [1.82, 2.24) is 4.31 Å². The van der Waals surface area contributed by atoms with E-state index in [9.17, 15) is 8.42 Å². The summed E-state index contributed by atoms with van der Waals surface area (Å²) in [4.78, 5) is 0. The Balaban J connectivity index is 2.48. The van der Waals surface area contributed by atoms with Gasteiger partial charge in [0, 0.05) is 19.7 Å². The molecule has 1 heterocycles. The monoisotopic (exact) mass is 235 g/mol. The molecule has 90 valence electrons. The van der Waals surface area contributed by atoms with Crippen molar-refractivity contribution in [1.29, 1.82) is 0 Å². The first kappa shape index (κ1) is 12.9. The molecule has 1 atom stereocenters. The Hall–Kier alpha value is -0.130. The molecular weight excluding hydrogens is 214 g/mol. The van der Waals surface area contributed by atoms with Gasteiger partial charge < -0.3 is 5.11 Å². The fourth-order valence-corrected chi connectivity index (χ4v) is 3.56. The molecule has 15 heavy (non-hydrogen) atoms. The minimum Gasteiger partial charge on any atom is -0.396 e. The molecule has 0 aromatic heterocycles. The molecule has 0 aliphatic carbocycles. The van der Waals surface area contributed by atoms with E-state index in [-0.39, 0.29) is 18.3 Å². The van der Waals surface area contributed by atoms with E-state index >= 15 is 0 Å². The molecule has 4 nitrogen and oxygen atoms in total. The number of hydrogen-bond acceptors (Lipinski definition) is 3. The van der Waals surface area contributed by atoms with Crippen molar-refractivity contribution < 1.29 is 13.5 Å². The first-order valence-electron chi connectivity index (χ1n) is 5.54. The molecule has 1 aliphatic heterocycles. The van der Waals surface area contributed by atoms with Crippen LogP contribution in [0, 0.1) is 11.8 Å². The van der Waals surface area contributed by atoms with Gasteiger partial charge in [0.1, 0.15) is 0 Å². The molecule has 0 aromatic rings. The minimum absolute atomic E-state index is 0.0935. The predicted octanol–water partition coefficient (Wildman–Crippen LogP) is 0.676. The van der Waals surface area contributed by atoms with Crippen molar-refractivity contribution in [2.24, 2.45) is 11.8 Å². The second-order valence-electron chi connectivity index (χ2n) is 4.69. The van der Waals surface area contributed by atoms with Gasteiger partial charge in [-0.3, -0.25) is 0 Å². The van der Waals surface area contributed by atoms with Gasteiger partial charge in [-0.05, 0) is 24.7 Å². The second kappa shape index (κ2) is 5.27. The molecule has 5 heteroatoms. The molecule has 0 spiro atoms. The van der Waals surface area contributed by atoms with E-state index in [0.29, 0.717) is 25.4 Å². The number of sulfonamides is 1. The maximum Gasteiger partial charge on any atom is 0.214 e. The average molecular weight is 235 g/mol. The molecule has 0 aromatic carbocycles. The van der Waals surface area contributed by atoms with Crippen LogP contribution in [0.25, 0.3) is 0 Å². The summed E-state index contributed by atoms with van der Waals surface area (Å²) in [6.07, 6.45) is 1.50. The van der Waals surface area contributed by atoms with Crippen LogP contribution in [0.1, 0.15) is 26.7 Å². The zero-order valence-electron chi connectivity index (χ0n) is 9.52. The lowest BCUT2D eigenvalue weighted by Gasteiger charge is -2.16. The molecular formula is C10H21NO3S. The molecule has 1 saturated heterocycles. The number of aliphatic hydroxyl groups excluding tert-OH is 1. The van der Waals surface area contributed by atoms with E-state index in [1.165, 1.54) is 4.31 Å². The largest absolute Gasteiger partial charge is 0.396 e. The molecule has 0 amide bonds. The van der Waals surface area contributed by atoms with Crippen molar-refractivity contribution >= 4 is 10.0 Å². The summed E-state index contributed by atoms with van der Waals surface area (Å²) >= 11 is 0. The van der Waals surface area contributed by atoms with Crippen molar-refractivity contribution in [2.75, 3.05) is 25.4 Å². The molecule has 1 N–H and O–H groups in total. The van der Waals surface area contributed by atoms with E-state index in [1.54, 1.807) is 0 Å². The third-order valence-electron chi connectivity index (χ3n) is 2.85. The van der Waals surface area contributed by atoms with E-state index < -0.39 is 10.0 Å². The van der Waals surface area contributed by atoms with Crippen LogP contribution in [0.5, 0.6) is 0 Å². The van der Waals surface area contributed by atoms with Crippen molar-refractivity contribution in [3.05, 3.63) is 0 Å². The smallest absolute Gasteiger partial charge is 0.214 e. The van der Waals surface area contributed by atoms with Gasteiger partial charge in [0.25, 0.3) is 0 Å². The molecule has 1 fully saturated rings. The first-order chi connectivity index (χ1) is 6.95. The lowest BCUT2D eigenvalue weighted by atomic mass is 10.1. The van der Waals surface area contributed by atoms with Crippen LogP contribution in [0.2, 0.25) is 0 Å². The van der Waals surface area contributed by atoms with E-state index in [2.05, 4.69) is 0 Å². The third-order valence-corrected chi connectivity index (χ3v) is 4.72. The van der Waals surface area contributed by atoms with Crippen LogP contribution < -0.4 is 0 Å². The van der Waals surface area contributed by atoms with Crippen molar-refractivity contribution in [3.63, 3.8) is 0 Å². The first-order valence-corrected chi connectivity index (χ1v) is 7.15. The molecule has 1 aliphatic rings. The summed E-state index contributed by atoms with van der Waals surface area (Å²) in [5.74, 6) is 0.790. The number of aliphatic hydroxyl groups is 1. The Bertz CT molecular complexity index is 287.